The molecule has 1 N–H and O–H groups in total. The van der Waals surface area contributed by atoms with Crippen LogP contribution in [0.4, 0.5) is 0 Å². The zero-order chi connectivity index (χ0) is 7.98. The second-order valence-corrected chi connectivity index (χ2v) is 1.74. The molecule has 0 spiro atoms. The molecule has 0 aliphatic heterocycles. The number of amides is 1. The summed E-state index contributed by atoms with van der Waals surface area (Å²) in [4.78, 5) is 15.5. The van der Waals surface area contributed by atoms with Gasteiger partial charge in [0.15, 0.2) is 0 Å². The van der Waals surface area contributed by atoms with E-state index in [2.05, 4.69) is 4.84 Å². The number of nitrogens with zero attached hydrogens (tertiary/aromatic N) is 1. The van der Waals surface area contributed by atoms with E-state index in [4.69, 9.17) is 5.11 Å². The molecule has 0 aliphatic rings. The fourth-order valence-electron chi connectivity index (χ4n) is 0.628. The lowest BCUT2D eigenvalue weighted by atomic mass is 10.4. The molecule has 4 nitrogen and oxygen atoms in total. The predicted molar refractivity (Wildman–Crippen MR) is 36.1 cm³/mol. The van der Waals surface area contributed by atoms with Crippen LogP contribution in [0.2, 0.25) is 0 Å². The second kappa shape index (κ2) is 5.20. The lowest BCUT2D eigenvalue weighted by Gasteiger charge is -2.16. The highest BCUT2D eigenvalue weighted by atomic mass is 16.7. The van der Waals surface area contributed by atoms with Gasteiger partial charge in [-0.2, -0.15) is 0 Å². The molecule has 0 aromatic carbocycles. The first-order chi connectivity index (χ1) is 4.76. The van der Waals surface area contributed by atoms with Crippen molar-refractivity contribution in [3.05, 3.63) is 0 Å². The Morgan fingerprint density at radius 1 is 1.70 bits per heavy atom. The molecular formula is C6H13NO3. The van der Waals surface area contributed by atoms with Gasteiger partial charge in [0, 0.05) is 6.54 Å². The highest BCUT2D eigenvalue weighted by Crippen LogP contribution is 1.92. The average Bonchev–Trinajstić information content (AvgIpc) is 1.91. The first-order valence-electron chi connectivity index (χ1n) is 3.21. The molecule has 0 saturated heterocycles. The summed E-state index contributed by atoms with van der Waals surface area (Å²) in [6.45, 7) is 2.19. The van der Waals surface area contributed by atoms with Gasteiger partial charge in [-0.15, -0.1) is 0 Å². The van der Waals surface area contributed by atoms with Gasteiger partial charge in [-0.05, 0) is 6.92 Å². The molecule has 4 heteroatoms. The summed E-state index contributed by atoms with van der Waals surface area (Å²) in [6.07, 6.45) is 0.127. The Balaban J connectivity index is 3.65. The number of hydrogen-bond donors (Lipinski definition) is 1. The number of rotatable bonds is 4. The fourth-order valence-corrected chi connectivity index (χ4v) is 0.628. The van der Waals surface area contributed by atoms with Crippen molar-refractivity contribution in [2.75, 3.05) is 20.3 Å². The van der Waals surface area contributed by atoms with Crippen LogP contribution in [0, 0.1) is 0 Å². The molecule has 0 bridgehead atoms. The third-order valence-electron chi connectivity index (χ3n) is 1.11. The Hall–Kier alpha value is -0.610. The van der Waals surface area contributed by atoms with Crippen LogP contribution in [-0.2, 0) is 9.63 Å². The van der Waals surface area contributed by atoms with E-state index in [0.29, 0.717) is 6.54 Å². The minimum atomic E-state index is -0.187. The van der Waals surface area contributed by atoms with E-state index in [1.807, 2.05) is 0 Å². The zero-order valence-corrected chi connectivity index (χ0v) is 6.33. The van der Waals surface area contributed by atoms with Gasteiger partial charge in [-0.25, -0.2) is 5.06 Å². The monoisotopic (exact) mass is 147 g/mol. The van der Waals surface area contributed by atoms with E-state index in [9.17, 15) is 4.79 Å². The van der Waals surface area contributed by atoms with Crippen LogP contribution in [0.5, 0.6) is 0 Å². The number of hydroxylamine groups is 2. The van der Waals surface area contributed by atoms with E-state index in [1.54, 1.807) is 6.92 Å². The molecule has 0 aromatic rings. The van der Waals surface area contributed by atoms with E-state index in [0.717, 1.165) is 0 Å². The highest BCUT2D eigenvalue weighted by molar-refractivity contribution is 5.75. The van der Waals surface area contributed by atoms with Gasteiger partial charge >= 0.3 is 0 Å². The molecule has 0 rings (SSSR count). The van der Waals surface area contributed by atoms with E-state index >= 15 is 0 Å². The summed E-state index contributed by atoms with van der Waals surface area (Å²) in [5, 5.41) is 9.58. The number of hydrogen-bond acceptors (Lipinski definition) is 3. The smallest absolute Gasteiger partial charge is 0.248 e. The van der Waals surface area contributed by atoms with Crippen LogP contribution in [0.3, 0.4) is 0 Å². The molecule has 0 aliphatic carbocycles. The third kappa shape index (κ3) is 2.80. The molecule has 0 unspecified atom stereocenters. The van der Waals surface area contributed by atoms with Gasteiger partial charge in [0.05, 0.1) is 20.1 Å². The summed E-state index contributed by atoms with van der Waals surface area (Å²) < 4.78 is 0. The third-order valence-corrected chi connectivity index (χ3v) is 1.11. The second-order valence-electron chi connectivity index (χ2n) is 1.74. The number of carbonyl (C=O) groups excluding carboxylic acids is 1. The van der Waals surface area contributed by atoms with Crippen molar-refractivity contribution in [1.82, 2.24) is 5.06 Å². The van der Waals surface area contributed by atoms with Gasteiger partial charge in [0.1, 0.15) is 0 Å². The fraction of sp³-hybridized carbons (Fsp3) is 0.833. The van der Waals surface area contributed by atoms with Crippen LogP contribution < -0.4 is 0 Å². The number of aliphatic hydroxyl groups excluding tert-OH is 1. The molecule has 1 amide bonds. The lowest BCUT2D eigenvalue weighted by molar-refractivity contribution is -0.175. The Bertz CT molecular complexity index is 101. The van der Waals surface area contributed by atoms with Crippen LogP contribution in [0.1, 0.15) is 13.3 Å². The molecule has 0 fully saturated rings. The molecule has 0 radical (unpaired) electrons. The Labute approximate surface area is 60.3 Å². The topological polar surface area (TPSA) is 49.8 Å². The van der Waals surface area contributed by atoms with Crippen LogP contribution in [0.15, 0.2) is 0 Å². The van der Waals surface area contributed by atoms with Crippen LogP contribution in [0.25, 0.3) is 0 Å². The van der Waals surface area contributed by atoms with Crippen molar-refractivity contribution < 1.29 is 14.7 Å². The van der Waals surface area contributed by atoms with Gasteiger partial charge in [0.25, 0.3) is 0 Å². The molecular weight excluding hydrogens is 134 g/mol. The van der Waals surface area contributed by atoms with Crippen molar-refractivity contribution in [3.8, 4) is 0 Å². The average molecular weight is 147 g/mol. The van der Waals surface area contributed by atoms with Crippen molar-refractivity contribution in [2.45, 2.75) is 13.3 Å². The van der Waals surface area contributed by atoms with Crippen molar-refractivity contribution >= 4 is 5.91 Å². The first kappa shape index (κ1) is 9.39. The van der Waals surface area contributed by atoms with Crippen LogP contribution >= 0.6 is 0 Å². The van der Waals surface area contributed by atoms with Crippen molar-refractivity contribution in [2.24, 2.45) is 0 Å². The molecule has 0 aromatic heterocycles. The maximum absolute atomic E-state index is 10.8. The largest absolute Gasteiger partial charge is 0.396 e. The van der Waals surface area contributed by atoms with E-state index in [-0.39, 0.29) is 18.9 Å². The van der Waals surface area contributed by atoms with Crippen LogP contribution in [-0.4, -0.2) is 36.3 Å². The van der Waals surface area contributed by atoms with E-state index < -0.39 is 0 Å². The van der Waals surface area contributed by atoms with Crippen molar-refractivity contribution in [1.29, 1.82) is 0 Å². The molecule has 0 saturated carbocycles. The standard InChI is InChI=1S/C6H13NO3/c1-3-7(10-2)6(9)4-5-8/h8H,3-5H2,1-2H3. The Morgan fingerprint density at radius 3 is 2.60 bits per heavy atom. The minimum Gasteiger partial charge on any atom is -0.396 e. The molecule has 10 heavy (non-hydrogen) atoms. The van der Waals surface area contributed by atoms with Gasteiger partial charge < -0.3 is 5.11 Å². The maximum atomic E-state index is 10.8. The summed E-state index contributed by atoms with van der Waals surface area (Å²) in [6, 6.07) is 0. The normalized spacial score (nSPS) is 9.50. The SMILES string of the molecule is CCN(OC)C(=O)CCO. The summed E-state index contributed by atoms with van der Waals surface area (Å²) in [7, 11) is 1.43. The molecule has 60 valence electrons. The first-order valence-corrected chi connectivity index (χ1v) is 3.21. The van der Waals surface area contributed by atoms with E-state index in [1.165, 1.54) is 12.2 Å². The van der Waals surface area contributed by atoms with Gasteiger partial charge in [-0.3, -0.25) is 9.63 Å². The summed E-state index contributed by atoms with van der Waals surface area (Å²) >= 11 is 0. The predicted octanol–water partition coefficient (Wildman–Crippen LogP) is -0.221. The minimum absolute atomic E-state index is 0.126. The zero-order valence-electron chi connectivity index (χ0n) is 6.33. The highest BCUT2D eigenvalue weighted by Gasteiger charge is 2.08. The number of aliphatic hydroxyl groups is 1. The van der Waals surface area contributed by atoms with Gasteiger partial charge in [-0.1, -0.05) is 0 Å². The quantitative estimate of drug-likeness (QED) is 0.559. The summed E-state index contributed by atoms with van der Waals surface area (Å²) in [5.41, 5.74) is 0. The maximum Gasteiger partial charge on any atom is 0.248 e. The summed E-state index contributed by atoms with van der Waals surface area (Å²) in [5.74, 6) is -0.187. The molecule has 0 atom stereocenters. The number of carbonyl (C=O) groups is 1. The Kier molecular flexibility index (Phi) is 4.88. The Morgan fingerprint density at radius 2 is 2.30 bits per heavy atom. The van der Waals surface area contributed by atoms with Crippen molar-refractivity contribution in [3.63, 3.8) is 0 Å². The molecule has 0 heterocycles. The van der Waals surface area contributed by atoms with Gasteiger partial charge in [0.2, 0.25) is 5.91 Å². The lowest BCUT2D eigenvalue weighted by Crippen LogP contribution is -2.29.